The van der Waals surface area contributed by atoms with Crippen molar-refractivity contribution in [2.45, 2.75) is 51.7 Å². The minimum atomic E-state index is -0.634. The predicted octanol–water partition coefficient (Wildman–Crippen LogP) is 2.61. The first-order valence-corrected chi connectivity index (χ1v) is 7.77. The molecule has 1 rings (SSSR count). The van der Waals surface area contributed by atoms with E-state index in [-0.39, 0.29) is 0 Å². The van der Waals surface area contributed by atoms with Crippen LogP contribution in [0.25, 0.3) is 0 Å². The van der Waals surface area contributed by atoms with Crippen molar-refractivity contribution >= 4 is 12.1 Å². The molecule has 0 spiro atoms. The molecule has 1 atom stereocenters. The van der Waals surface area contributed by atoms with Gasteiger partial charge >= 0.3 is 12.1 Å². The van der Waals surface area contributed by atoms with Crippen LogP contribution in [-0.4, -0.2) is 30.3 Å². The van der Waals surface area contributed by atoms with Gasteiger partial charge in [-0.1, -0.05) is 18.2 Å². The van der Waals surface area contributed by atoms with Crippen LogP contribution in [0, 0.1) is 0 Å². The maximum Gasteiger partial charge on any atom is 0.412 e. The maximum absolute atomic E-state index is 11.7. The van der Waals surface area contributed by atoms with Gasteiger partial charge in [0.15, 0.2) is 0 Å². The van der Waals surface area contributed by atoms with Crippen LogP contribution < -0.4 is 15.8 Å². The van der Waals surface area contributed by atoms with E-state index in [1.807, 2.05) is 6.07 Å². The highest BCUT2D eigenvalue weighted by molar-refractivity contribution is 5.75. The largest absolute Gasteiger partial charge is 0.459 e. The second-order valence-electron chi connectivity index (χ2n) is 6.27. The van der Waals surface area contributed by atoms with Gasteiger partial charge in [0.05, 0.1) is 0 Å². The summed E-state index contributed by atoms with van der Waals surface area (Å²) in [6.07, 6.45) is 1.45. The molecular weight excluding hydrogens is 296 g/mol. The zero-order valence-corrected chi connectivity index (χ0v) is 14.0. The fourth-order valence-corrected chi connectivity index (χ4v) is 1.81. The Labute approximate surface area is 137 Å². The summed E-state index contributed by atoms with van der Waals surface area (Å²) in [5.74, 6) is 0.103. The highest BCUT2D eigenvalue weighted by atomic mass is 16.6. The number of rotatable bonds is 7. The summed E-state index contributed by atoms with van der Waals surface area (Å²) in [5, 5.41) is 2.65. The molecule has 0 fully saturated rings. The number of para-hydroxylation sites is 1. The molecule has 0 aromatic heterocycles. The van der Waals surface area contributed by atoms with E-state index >= 15 is 0 Å². The maximum atomic E-state index is 11.7. The summed E-state index contributed by atoms with van der Waals surface area (Å²) < 4.78 is 10.3. The van der Waals surface area contributed by atoms with E-state index < -0.39 is 23.7 Å². The van der Waals surface area contributed by atoms with Gasteiger partial charge in [-0.3, -0.25) is 4.79 Å². The van der Waals surface area contributed by atoms with Gasteiger partial charge in [0.25, 0.3) is 0 Å². The van der Waals surface area contributed by atoms with Gasteiger partial charge in [0, 0.05) is 6.54 Å². The summed E-state index contributed by atoms with van der Waals surface area (Å²) in [6, 6.07) is 8.21. The lowest BCUT2D eigenvalue weighted by Gasteiger charge is -2.22. The lowest BCUT2D eigenvalue weighted by atomic mass is 10.1. The molecule has 6 heteroatoms. The zero-order chi connectivity index (χ0) is 17.3. The van der Waals surface area contributed by atoms with Crippen molar-refractivity contribution in [1.82, 2.24) is 5.32 Å². The Hall–Kier alpha value is -2.08. The molecule has 0 bridgehead atoms. The van der Waals surface area contributed by atoms with Crippen LogP contribution in [0.1, 0.15) is 40.0 Å². The van der Waals surface area contributed by atoms with Gasteiger partial charge in [-0.05, 0) is 52.2 Å². The number of benzene rings is 1. The monoisotopic (exact) mass is 322 g/mol. The van der Waals surface area contributed by atoms with Gasteiger partial charge in [-0.15, -0.1) is 0 Å². The van der Waals surface area contributed by atoms with Crippen LogP contribution in [-0.2, 0) is 9.53 Å². The van der Waals surface area contributed by atoms with Crippen molar-refractivity contribution in [2.24, 2.45) is 5.73 Å². The van der Waals surface area contributed by atoms with Gasteiger partial charge in [0.1, 0.15) is 17.4 Å². The first-order chi connectivity index (χ1) is 10.8. The lowest BCUT2D eigenvalue weighted by Crippen LogP contribution is -2.37. The fourth-order valence-electron chi connectivity index (χ4n) is 1.81. The van der Waals surface area contributed by atoms with E-state index in [1.54, 1.807) is 45.0 Å². The number of ether oxygens (including phenoxy) is 2. The molecule has 0 saturated heterocycles. The quantitative estimate of drug-likeness (QED) is 0.595. The third-order valence-corrected chi connectivity index (χ3v) is 2.87. The molecule has 23 heavy (non-hydrogen) atoms. The smallest absolute Gasteiger partial charge is 0.412 e. The first kappa shape index (κ1) is 19.0. The van der Waals surface area contributed by atoms with Crippen LogP contribution in [0.2, 0.25) is 0 Å². The van der Waals surface area contributed by atoms with E-state index in [0.717, 1.165) is 0 Å². The Morgan fingerprint density at radius 1 is 1.17 bits per heavy atom. The molecule has 6 nitrogen and oxygen atoms in total. The second kappa shape index (κ2) is 9.15. The van der Waals surface area contributed by atoms with Gasteiger partial charge in [-0.2, -0.15) is 0 Å². The first-order valence-electron chi connectivity index (χ1n) is 7.77. The summed E-state index contributed by atoms with van der Waals surface area (Å²) in [5.41, 5.74) is 5.25. The molecule has 0 radical (unpaired) electrons. The molecular formula is C17H26N2O4. The number of carbonyl (C=O) groups excluding carboxylic acids is 2. The average molecular weight is 322 g/mol. The van der Waals surface area contributed by atoms with E-state index in [1.165, 1.54) is 0 Å². The van der Waals surface area contributed by atoms with E-state index in [2.05, 4.69) is 5.32 Å². The molecule has 1 aromatic carbocycles. The molecule has 0 aliphatic rings. The number of carbonyl (C=O) groups is 2. The molecule has 0 heterocycles. The number of nitrogens with two attached hydrogens (primary N) is 1. The zero-order valence-electron chi connectivity index (χ0n) is 14.0. The van der Waals surface area contributed by atoms with Crippen molar-refractivity contribution in [3.05, 3.63) is 30.3 Å². The van der Waals surface area contributed by atoms with Gasteiger partial charge in [0.2, 0.25) is 0 Å². The van der Waals surface area contributed by atoms with Gasteiger partial charge < -0.3 is 20.5 Å². The summed E-state index contributed by atoms with van der Waals surface area (Å²) in [4.78, 5) is 23.2. The second-order valence-corrected chi connectivity index (χ2v) is 6.27. The molecule has 3 N–H and O–H groups in total. The molecule has 0 aliphatic heterocycles. The minimum Gasteiger partial charge on any atom is -0.459 e. The number of esters is 1. The molecule has 0 saturated carbocycles. The fraction of sp³-hybridized carbons (Fsp3) is 0.529. The van der Waals surface area contributed by atoms with Crippen molar-refractivity contribution in [3.8, 4) is 5.75 Å². The van der Waals surface area contributed by atoms with E-state index in [0.29, 0.717) is 31.6 Å². The summed E-state index contributed by atoms with van der Waals surface area (Å²) >= 11 is 0. The Balaban J connectivity index is 2.13. The molecule has 1 unspecified atom stereocenters. The van der Waals surface area contributed by atoms with Crippen molar-refractivity contribution in [2.75, 3.05) is 6.54 Å². The van der Waals surface area contributed by atoms with Crippen molar-refractivity contribution in [3.63, 3.8) is 0 Å². The Morgan fingerprint density at radius 3 is 2.43 bits per heavy atom. The summed E-state index contributed by atoms with van der Waals surface area (Å²) in [7, 11) is 0. The van der Waals surface area contributed by atoms with Gasteiger partial charge in [-0.25, -0.2) is 4.79 Å². The van der Waals surface area contributed by atoms with Crippen LogP contribution >= 0.6 is 0 Å². The van der Waals surface area contributed by atoms with Crippen molar-refractivity contribution < 1.29 is 19.1 Å². The van der Waals surface area contributed by atoms with Crippen LogP contribution in [0.5, 0.6) is 5.75 Å². The SMILES string of the molecule is CC(C)(C)OC(=O)C(N)CCCCNC(=O)Oc1ccccc1. The molecule has 0 aliphatic carbocycles. The minimum absolute atomic E-state index is 0.394. The predicted molar refractivity (Wildman–Crippen MR) is 88.1 cm³/mol. The number of hydrogen-bond donors (Lipinski definition) is 2. The Morgan fingerprint density at radius 2 is 1.83 bits per heavy atom. The molecule has 1 aromatic rings. The van der Waals surface area contributed by atoms with Crippen LogP contribution in [0.15, 0.2) is 30.3 Å². The number of nitrogens with one attached hydrogen (secondary N) is 1. The Kier molecular flexibility index (Phi) is 7.54. The number of amides is 1. The van der Waals surface area contributed by atoms with E-state index in [9.17, 15) is 9.59 Å². The number of unbranched alkanes of at least 4 members (excludes halogenated alkanes) is 1. The molecule has 128 valence electrons. The highest BCUT2D eigenvalue weighted by Crippen LogP contribution is 2.10. The number of hydrogen-bond acceptors (Lipinski definition) is 5. The van der Waals surface area contributed by atoms with Crippen LogP contribution in [0.4, 0.5) is 4.79 Å². The summed E-state index contributed by atoms with van der Waals surface area (Å²) in [6.45, 7) is 5.88. The Bertz CT molecular complexity index is 497. The van der Waals surface area contributed by atoms with Crippen molar-refractivity contribution in [1.29, 1.82) is 0 Å². The third-order valence-electron chi connectivity index (χ3n) is 2.87. The van der Waals surface area contributed by atoms with E-state index in [4.69, 9.17) is 15.2 Å². The topological polar surface area (TPSA) is 90.6 Å². The lowest BCUT2D eigenvalue weighted by molar-refractivity contribution is -0.156. The standard InChI is InChI=1S/C17H26N2O4/c1-17(2,3)23-15(20)14(18)11-7-8-12-19-16(21)22-13-9-5-4-6-10-13/h4-6,9-10,14H,7-8,11-12,18H2,1-3H3,(H,19,21). The van der Waals surface area contributed by atoms with Crippen LogP contribution in [0.3, 0.4) is 0 Å². The average Bonchev–Trinajstić information content (AvgIpc) is 2.46. The molecule has 1 amide bonds. The third kappa shape index (κ3) is 8.83. The normalized spacial score (nSPS) is 12.3. The highest BCUT2D eigenvalue weighted by Gasteiger charge is 2.21.